The lowest BCUT2D eigenvalue weighted by Crippen LogP contribution is -2.51. The number of hydrogen-bond acceptors (Lipinski definition) is 3. The van der Waals surface area contributed by atoms with Gasteiger partial charge in [0.05, 0.1) is 17.9 Å². The molecule has 166 valence electrons. The number of anilines is 1. The minimum atomic E-state index is -0.176. The Balaban J connectivity index is 1.32. The highest BCUT2D eigenvalue weighted by atomic mass is 19.1. The van der Waals surface area contributed by atoms with Crippen LogP contribution in [0.4, 0.5) is 14.9 Å². The molecule has 1 N–H and O–H groups in total. The maximum atomic E-state index is 13.5. The number of hydrogen-bond donors (Lipinski definition) is 1. The summed E-state index contributed by atoms with van der Waals surface area (Å²) in [4.78, 5) is 14.7. The van der Waals surface area contributed by atoms with Crippen molar-refractivity contribution in [1.82, 2.24) is 4.90 Å². The molecule has 2 saturated heterocycles. The largest absolute Gasteiger partial charge is 0.492 e. The molecule has 6 heteroatoms. The number of urea groups is 1. The lowest BCUT2D eigenvalue weighted by molar-refractivity contribution is -0.122. The van der Waals surface area contributed by atoms with Gasteiger partial charge in [-0.05, 0) is 74.8 Å². The van der Waals surface area contributed by atoms with E-state index in [1.54, 1.807) is 12.1 Å². The average Bonchev–Trinajstić information content (AvgIpc) is 2.76. The van der Waals surface area contributed by atoms with Crippen molar-refractivity contribution >= 4 is 11.7 Å². The van der Waals surface area contributed by atoms with Crippen molar-refractivity contribution in [3.63, 3.8) is 0 Å². The fourth-order valence-corrected chi connectivity index (χ4v) is 4.81. The van der Waals surface area contributed by atoms with Crippen molar-refractivity contribution in [3.05, 3.63) is 59.9 Å². The van der Waals surface area contributed by atoms with E-state index in [-0.39, 0.29) is 17.4 Å². The molecule has 0 aromatic heterocycles. The molecule has 1 spiro atoms. The molecule has 2 aliphatic heterocycles. The van der Waals surface area contributed by atoms with E-state index in [1.165, 1.54) is 6.07 Å². The fourth-order valence-electron chi connectivity index (χ4n) is 4.81. The maximum Gasteiger partial charge on any atom is 0.321 e. The Morgan fingerprint density at radius 2 is 2.03 bits per heavy atom. The summed E-state index contributed by atoms with van der Waals surface area (Å²) in [6.45, 7) is 4.53. The van der Waals surface area contributed by atoms with Crippen LogP contribution in [0, 0.1) is 11.7 Å². The standard InChI is InChI=1S/C25H31FN2O3/c1-2-30-23-9-4-3-8-22(23)27-24(29)28-13-11-25(12-14-28)18-20(10-15-31-25)16-19-6-5-7-21(26)17-19/h3-9,17,20H,2,10-16,18H2,1H3,(H,27,29). The van der Waals surface area contributed by atoms with Gasteiger partial charge in [-0.25, -0.2) is 9.18 Å². The maximum absolute atomic E-state index is 13.5. The highest BCUT2D eigenvalue weighted by molar-refractivity contribution is 5.91. The molecule has 4 rings (SSSR count). The van der Waals surface area contributed by atoms with Gasteiger partial charge in [-0.15, -0.1) is 0 Å². The molecule has 2 amide bonds. The van der Waals surface area contributed by atoms with Crippen molar-refractivity contribution in [3.8, 4) is 5.75 Å². The number of amides is 2. The van der Waals surface area contributed by atoms with Crippen LogP contribution in [0.1, 0.15) is 38.2 Å². The molecular formula is C25H31FN2O3. The number of nitrogens with one attached hydrogen (secondary N) is 1. The summed E-state index contributed by atoms with van der Waals surface area (Å²) in [7, 11) is 0. The average molecular weight is 427 g/mol. The molecule has 0 radical (unpaired) electrons. The second kappa shape index (κ2) is 9.69. The predicted molar refractivity (Wildman–Crippen MR) is 119 cm³/mol. The summed E-state index contributed by atoms with van der Waals surface area (Å²) in [5.41, 5.74) is 1.57. The second-order valence-corrected chi connectivity index (χ2v) is 8.57. The van der Waals surface area contributed by atoms with E-state index in [2.05, 4.69) is 5.32 Å². The van der Waals surface area contributed by atoms with Crippen LogP contribution in [0.3, 0.4) is 0 Å². The van der Waals surface area contributed by atoms with Gasteiger partial charge in [0.2, 0.25) is 0 Å². The van der Waals surface area contributed by atoms with E-state index >= 15 is 0 Å². The smallest absolute Gasteiger partial charge is 0.321 e. The number of piperidine rings is 1. The Bertz CT molecular complexity index is 896. The molecule has 2 aromatic rings. The van der Waals surface area contributed by atoms with Gasteiger partial charge in [0, 0.05) is 19.7 Å². The number of nitrogens with zero attached hydrogens (tertiary/aromatic N) is 1. The van der Waals surface area contributed by atoms with Crippen LogP contribution in [0.5, 0.6) is 5.75 Å². The lowest BCUT2D eigenvalue weighted by Gasteiger charge is -2.46. The molecule has 0 saturated carbocycles. The molecule has 2 fully saturated rings. The Labute approximate surface area is 183 Å². The van der Waals surface area contributed by atoms with E-state index in [1.807, 2.05) is 42.2 Å². The Morgan fingerprint density at radius 3 is 2.81 bits per heavy atom. The normalized spacial score (nSPS) is 20.5. The van der Waals surface area contributed by atoms with E-state index in [4.69, 9.17) is 9.47 Å². The number of ether oxygens (including phenoxy) is 2. The first-order valence-electron chi connectivity index (χ1n) is 11.2. The van der Waals surface area contributed by atoms with E-state index in [0.29, 0.717) is 37.1 Å². The second-order valence-electron chi connectivity index (χ2n) is 8.57. The van der Waals surface area contributed by atoms with Crippen LogP contribution in [0.25, 0.3) is 0 Å². The van der Waals surface area contributed by atoms with Crippen LogP contribution in [-0.2, 0) is 11.2 Å². The van der Waals surface area contributed by atoms with Crippen LogP contribution >= 0.6 is 0 Å². The third kappa shape index (κ3) is 5.37. The Morgan fingerprint density at radius 1 is 1.23 bits per heavy atom. The Kier molecular flexibility index (Phi) is 6.76. The molecule has 0 aliphatic carbocycles. The zero-order valence-corrected chi connectivity index (χ0v) is 18.1. The van der Waals surface area contributed by atoms with Crippen LogP contribution in [0.15, 0.2) is 48.5 Å². The van der Waals surface area contributed by atoms with Crippen molar-refractivity contribution in [2.24, 2.45) is 5.92 Å². The van der Waals surface area contributed by atoms with Crippen LogP contribution in [-0.4, -0.2) is 42.8 Å². The molecule has 2 heterocycles. The predicted octanol–water partition coefficient (Wildman–Crippen LogP) is 5.26. The minimum absolute atomic E-state index is 0.103. The first-order chi connectivity index (χ1) is 15.1. The molecule has 5 nitrogen and oxygen atoms in total. The first kappa shape index (κ1) is 21.6. The number of benzene rings is 2. The summed E-state index contributed by atoms with van der Waals surface area (Å²) >= 11 is 0. The zero-order chi connectivity index (χ0) is 21.7. The highest BCUT2D eigenvalue weighted by Gasteiger charge is 2.41. The number of carbonyl (C=O) groups is 1. The molecule has 1 atom stereocenters. The summed E-state index contributed by atoms with van der Waals surface area (Å²) < 4.78 is 25.4. The highest BCUT2D eigenvalue weighted by Crippen LogP contribution is 2.39. The van der Waals surface area contributed by atoms with E-state index < -0.39 is 0 Å². The zero-order valence-electron chi connectivity index (χ0n) is 18.1. The molecule has 1 unspecified atom stereocenters. The van der Waals surface area contributed by atoms with Gasteiger partial charge < -0.3 is 19.7 Å². The van der Waals surface area contributed by atoms with Gasteiger partial charge in [-0.2, -0.15) is 0 Å². The number of carbonyl (C=O) groups excluding carboxylic acids is 1. The van der Waals surface area contributed by atoms with Gasteiger partial charge >= 0.3 is 6.03 Å². The molecular weight excluding hydrogens is 395 g/mol. The SMILES string of the molecule is CCOc1ccccc1NC(=O)N1CCC2(CC1)CC(Cc1cccc(F)c1)CCO2. The Hall–Kier alpha value is -2.60. The van der Waals surface area contributed by atoms with Crippen molar-refractivity contribution in [2.75, 3.05) is 31.6 Å². The quantitative estimate of drug-likeness (QED) is 0.710. The molecule has 0 bridgehead atoms. The first-order valence-corrected chi connectivity index (χ1v) is 11.2. The van der Waals surface area contributed by atoms with Crippen molar-refractivity contribution < 1.29 is 18.7 Å². The van der Waals surface area contributed by atoms with Gasteiger partial charge in [-0.3, -0.25) is 0 Å². The summed E-state index contributed by atoms with van der Waals surface area (Å²) in [5.74, 6) is 0.987. The fraction of sp³-hybridized carbons (Fsp3) is 0.480. The third-order valence-corrected chi connectivity index (χ3v) is 6.40. The number of para-hydroxylation sites is 2. The van der Waals surface area contributed by atoms with Crippen molar-refractivity contribution in [1.29, 1.82) is 0 Å². The summed E-state index contributed by atoms with van der Waals surface area (Å²) in [5, 5.41) is 2.99. The monoisotopic (exact) mass is 426 g/mol. The summed E-state index contributed by atoms with van der Waals surface area (Å²) in [6.07, 6.45) is 4.49. The lowest BCUT2D eigenvalue weighted by atomic mass is 9.77. The van der Waals surface area contributed by atoms with Crippen LogP contribution in [0.2, 0.25) is 0 Å². The number of rotatable bonds is 5. The van der Waals surface area contributed by atoms with Crippen molar-refractivity contribution in [2.45, 2.75) is 44.6 Å². The van der Waals surface area contributed by atoms with E-state index in [0.717, 1.165) is 44.3 Å². The molecule has 2 aromatic carbocycles. The minimum Gasteiger partial charge on any atom is -0.492 e. The third-order valence-electron chi connectivity index (χ3n) is 6.40. The number of halogens is 1. The van der Waals surface area contributed by atoms with Gasteiger partial charge in [0.1, 0.15) is 11.6 Å². The van der Waals surface area contributed by atoms with Gasteiger partial charge in [-0.1, -0.05) is 24.3 Å². The molecule has 31 heavy (non-hydrogen) atoms. The number of likely N-dealkylation sites (tertiary alicyclic amines) is 1. The topological polar surface area (TPSA) is 50.8 Å². The van der Waals surface area contributed by atoms with Gasteiger partial charge in [0.15, 0.2) is 0 Å². The van der Waals surface area contributed by atoms with Gasteiger partial charge in [0.25, 0.3) is 0 Å². The van der Waals surface area contributed by atoms with E-state index in [9.17, 15) is 9.18 Å². The summed E-state index contributed by atoms with van der Waals surface area (Å²) in [6, 6.07) is 14.3. The van der Waals surface area contributed by atoms with Crippen LogP contribution < -0.4 is 10.1 Å². The molecule has 2 aliphatic rings.